The van der Waals surface area contributed by atoms with E-state index in [4.69, 9.17) is 5.26 Å². The van der Waals surface area contributed by atoms with Gasteiger partial charge in [0.25, 0.3) is 0 Å². The summed E-state index contributed by atoms with van der Waals surface area (Å²) in [5, 5.41) is 11.4. The van der Waals surface area contributed by atoms with E-state index in [-0.39, 0.29) is 5.91 Å². The maximum Gasteiger partial charge on any atom is 0.221 e. The van der Waals surface area contributed by atoms with Gasteiger partial charge in [0.2, 0.25) is 5.91 Å². The van der Waals surface area contributed by atoms with Gasteiger partial charge in [-0.2, -0.15) is 5.26 Å². The highest BCUT2D eigenvalue weighted by atomic mass is 16.1. The average molecular weight is 231 g/mol. The Morgan fingerprint density at radius 1 is 1.41 bits per heavy atom. The fourth-order valence-corrected chi connectivity index (χ4v) is 1.47. The SMILES string of the molecule is CCNC(=O)CCN(C)c1ccc(C#N)cc1. The number of hydrogen-bond acceptors (Lipinski definition) is 3. The van der Waals surface area contributed by atoms with Crippen LogP contribution in [0.25, 0.3) is 0 Å². The summed E-state index contributed by atoms with van der Waals surface area (Å²) in [4.78, 5) is 13.3. The number of benzene rings is 1. The summed E-state index contributed by atoms with van der Waals surface area (Å²) in [5.41, 5.74) is 1.65. The van der Waals surface area contributed by atoms with Crippen LogP contribution in [0.15, 0.2) is 24.3 Å². The number of nitriles is 1. The molecule has 0 saturated carbocycles. The van der Waals surface area contributed by atoms with E-state index in [2.05, 4.69) is 11.4 Å². The lowest BCUT2D eigenvalue weighted by Gasteiger charge is -2.18. The second kappa shape index (κ2) is 6.54. The van der Waals surface area contributed by atoms with Crippen LogP contribution in [-0.4, -0.2) is 26.0 Å². The van der Waals surface area contributed by atoms with Crippen molar-refractivity contribution in [2.45, 2.75) is 13.3 Å². The number of carbonyl (C=O) groups is 1. The molecule has 0 unspecified atom stereocenters. The Balaban J connectivity index is 2.49. The van der Waals surface area contributed by atoms with E-state index in [1.807, 2.05) is 31.0 Å². The van der Waals surface area contributed by atoms with Crippen molar-refractivity contribution in [3.8, 4) is 6.07 Å². The van der Waals surface area contributed by atoms with Gasteiger partial charge in [-0.25, -0.2) is 0 Å². The molecule has 1 amide bonds. The Labute approximate surface area is 102 Å². The highest BCUT2D eigenvalue weighted by Crippen LogP contribution is 2.13. The molecule has 1 rings (SSSR count). The van der Waals surface area contributed by atoms with Crippen molar-refractivity contribution < 1.29 is 4.79 Å². The van der Waals surface area contributed by atoms with E-state index in [0.717, 1.165) is 5.69 Å². The lowest BCUT2D eigenvalue weighted by atomic mass is 10.2. The Morgan fingerprint density at radius 3 is 2.59 bits per heavy atom. The van der Waals surface area contributed by atoms with Gasteiger partial charge < -0.3 is 10.2 Å². The van der Waals surface area contributed by atoms with E-state index in [0.29, 0.717) is 25.1 Å². The van der Waals surface area contributed by atoms with Crippen LogP contribution < -0.4 is 10.2 Å². The number of hydrogen-bond donors (Lipinski definition) is 1. The third-order valence-corrected chi connectivity index (χ3v) is 2.49. The van der Waals surface area contributed by atoms with Gasteiger partial charge in [0.15, 0.2) is 0 Å². The van der Waals surface area contributed by atoms with E-state index in [1.54, 1.807) is 12.1 Å². The number of rotatable bonds is 5. The largest absolute Gasteiger partial charge is 0.374 e. The molecule has 1 aromatic carbocycles. The van der Waals surface area contributed by atoms with Gasteiger partial charge in [0.1, 0.15) is 0 Å². The van der Waals surface area contributed by atoms with E-state index in [9.17, 15) is 4.79 Å². The normalized spacial score (nSPS) is 9.47. The predicted molar refractivity (Wildman–Crippen MR) is 67.7 cm³/mol. The van der Waals surface area contributed by atoms with Crippen LogP contribution >= 0.6 is 0 Å². The molecule has 90 valence electrons. The molecule has 0 fully saturated rings. The monoisotopic (exact) mass is 231 g/mol. The predicted octanol–water partition coefficient (Wildman–Crippen LogP) is 1.52. The summed E-state index contributed by atoms with van der Waals surface area (Å²) in [6, 6.07) is 9.40. The fraction of sp³-hybridized carbons (Fsp3) is 0.385. The number of carbonyl (C=O) groups excluding carboxylic acids is 1. The molecule has 0 saturated heterocycles. The molecular weight excluding hydrogens is 214 g/mol. The molecule has 0 bridgehead atoms. The zero-order valence-corrected chi connectivity index (χ0v) is 10.2. The van der Waals surface area contributed by atoms with Gasteiger partial charge in [-0.3, -0.25) is 4.79 Å². The first-order valence-corrected chi connectivity index (χ1v) is 5.65. The van der Waals surface area contributed by atoms with Crippen molar-refractivity contribution in [2.24, 2.45) is 0 Å². The molecule has 0 atom stereocenters. The molecule has 0 aromatic heterocycles. The molecule has 0 aliphatic heterocycles. The van der Waals surface area contributed by atoms with Crippen LogP contribution in [0.3, 0.4) is 0 Å². The van der Waals surface area contributed by atoms with Gasteiger partial charge in [0, 0.05) is 32.2 Å². The Morgan fingerprint density at radius 2 is 2.06 bits per heavy atom. The minimum Gasteiger partial charge on any atom is -0.374 e. The highest BCUT2D eigenvalue weighted by molar-refractivity contribution is 5.76. The van der Waals surface area contributed by atoms with Crippen LogP contribution in [0.2, 0.25) is 0 Å². The van der Waals surface area contributed by atoms with Crippen molar-refractivity contribution in [2.75, 3.05) is 25.0 Å². The first kappa shape index (κ1) is 13.0. The van der Waals surface area contributed by atoms with Crippen molar-refractivity contribution in [1.82, 2.24) is 5.32 Å². The molecule has 4 heteroatoms. The van der Waals surface area contributed by atoms with E-state index < -0.39 is 0 Å². The third-order valence-electron chi connectivity index (χ3n) is 2.49. The molecular formula is C13H17N3O. The maximum atomic E-state index is 11.3. The highest BCUT2D eigenvalue weighted by Gasteiger charge is 2.04. The van der Waals surface area contributed by atoms with Gasteiger partial charge in [-0.1, -0.05) is 0 Å². The van der Waals surface area contributed by atoms with Crippen LogP contribution in [0.4, 0.5) is 5.69 Å². The number of nitrogens with zero attached hydrogens (tertiary/aromatic N) is 2. The summed E-state index contributed by atoms with van der Waals surface area (Å²) in [7, 11) is 1.93. The first-order chi connectivity index (χ1) is 8.17. The van der Waals surface area contributed by atoms with Gasteiger partial charge >= 0.3 is 0 Å². The number of amides is 1. The number of nitrogens with one attached hydrogen (secondary N) is 1. The smallest absolute Gasteiger partial charge is 0.221 e. The minimum atomic E-state index is 0.0630. The van der Waals surface area contributed by atoms with Crippen molar-refractivity contribution in [3.05, 3.63) is 29.8 Å². The van der Waals surface area contributed by atoms with Crippen LogP contribution in [0.5, 0.6) is 0 Å². The zero-order valence-electron chi connectivity index (χ0n) is 10.2. The van der Waals surface area contributed by atoms with Crippen LogP contribution in [-0.2, 0) is 4.79 Å². The summed E-state index contributed by atoms with van der Waals surface area (Å²) >= 11 is 0. The quantitative estimate of drug-likeness (QED) is 0.836. The van der Waals surface area contributed by atoms with Crippen LogP contribution in [0, 0.1) is 11.3 Å². The minimum absolute atomic E-state index is 0.0630. The lowest BCUT2D eigenvalue weighted by Crippen LogP contribution is -2.28. The molecule has 0 heterocycles. The average Bonchev–Trinajstić information content (AvgIpc) is 2.36. The lowest BCUT2D eigenvalue weighted by molar-refractivity contribution is -0.120. The third kappa shape index (κ3) is 4.15. The molecule has 4 nitrogen and oxygen atoms in total. The Hall–Kier alpha value is -2.02. The Bertz CT molecular complexity index is 406. The molecule has 0 radical (unpaired) electrons. The summed E-state index contributed by atoms with van der Waals surface area (Å²) in [6.07, 6.45) is 0.477. The van der Waals surface area contributed by atoms with E-state index in [1.165, 1.54) is 0 Å². The second-order valence-electron chi connectivity index (χ2n) is 3.78. The molecule has 1 aromatic rings. The van der Waals surface area contributed by atoms with E-state index >= 15 is 0 Å². The standard InChI is InChI=1S/C13H17N3O/c1-3-15-13(17)8-9-16(2)12-6-4-11(10-14)5-7-12/h4-7H,3,8-9H2,1-2H3,(H,15,17). The van der Waals surface area contributed by atoms with Gasteiger partial charge in [-0.05, 0) is 31.2 Å². The second-order valence-corrected chi connectivity index (χ2v) is 3.78. The fourth-order valence-electron chi connectivity index (χ4n) is 1.47. The molecule has 1 N–H and O–H groups in total. The van der Waals surface area contributed by atoms with Crippen molar-refractivity contribution >= 4 is 11.6 Å². The molecule has 0 aliphatic carbocycles. The molecule has 0 spiro atoms. The molecule has 17 heavy (non-hydrogen) atoms. The zero-order chi connectivity index (χ0) is 12.7. The summed E-state index contributed by atoms with van der Waals surface area (Å²) in [5.74, 6) is 0.0630. The van der Waals surface area contributed by atoms with Gasteiger partial charge in [0.05, 0.1) is 11.6 Å². The number of anilines is 1. The summed E-state index contributed by atoms with van der Waals surface area (Å²) in [6.45, 7) is 3.24. The first-order valence-electron chi connectivity index (χ1n) is 5.65. The summed E-state index contributed by atoms with van der Waals surface area (Å²) < 4.78 is 0. The van der Waals surface area contributed by atoms with Crippen molar-refractivity contribution in [1.29, 1.82) is 5.26 Å². The maximum absolute atomic E-state index is 11.3. The Kier molecular flexibility index (Phi) is 5.02. The van der Waals surface area contributed by atoms with Gasteiger partial charge in [-0.15, -0.1) is 0 Å². The molecule has 0 aliphatic rings. The topological polar surface area (TPSA) is 56.1 Å². The van der Waals surface area contributed by atoms with Crippen molar-refractivity contribution in [3.63, 3.8) is 0 Å². The van der Waals surface area contributed by atoms with Crippen LogP contribution in [0.1, 0.15) is 18.9 Å².